The largest absolute Gasteiger partial charge is 0.482 e. The van der Waals surface area contributed by atoms with E-state index in [4.69, 9.17) is 9.47 Å². The minimum atomic E-state index is -0.434. The molecule has 1 aliphatic heterocycles. The fraction of sp³-hybridized carbons (Fsp3) is 0.160. The van der Waals surface area contributed by atoms with Crippen molar-refractivity contribution in [1.82, 2.24) is 4.90 Å². The molecule has 0 N–H and O–H groups in total. The highest BCUT2D eigenvalue weighted by atomic mass is 32.2. The van der Waals surface area contributed by atoms with Gasteiger partial charge in [-0.25, -0.2) is 4.79 Å². The van der Waals surface area contributed by atoms with Crippen LogP contribution < -0.4 is 4.74 Å². The van der Waals surface area contributed by atoms with Crippen molar-refractivity contribution in [3.63, 3.8) is 0 Å². The highest BCUT2D eigenvalue weighted by Crippen LogP contribution is 2.34. The van der Waals surface area contributed by atoms with Gasteiger partial charge in [-0.3, -0.25) is 14.5 Å². The fourth-order valence-corrected chi connectivity index (χ4v) is 4.23. The van der Waals surface area contributed by atoms with Crippen molar-refractivity contribution in [2.75, 3.05) is 13.2 Å². The summed E-state index contributed by atoms with van der Waals surface area (Å²) in [5.41, 5.74) is 1.68. The lowest BCUT2D eigenvalue weighted by atomic mass is 10.0. The van der Waals surface area contributed by atoms with Crippen LogP contribution in [0.25, 0.3) is 16.8 Å². The van der Waals surface area contributed by atoms with Gasteiger partial charge in [0.05, 0.1) is 18.1 Å². The molecular formula is C25H21NO5S. The van der Waals surface area contributed by atoms with E-state index in [-0.39, 0.29) is 24.3 Å². The predicted octanol–water partition coefficient (Wildman–Crippen LogP) is 5.02. The number of nitrogens with zero attached hydrogens (tertiary/aromatic N) is 1. The molecule has 1 aliphatic rings. The maximum atomic E-state index is 12.9. The molecule has 1 heterocycles. The molecule has 0 unspecified atom stereocenters. The number of amides is 2. The van der Waals surface area contributed by atoms with Crippen LogP contribution in [0, 0.1) is 0 Å². The molecule has 1 saturated heterocycles. The molecule has 0 atom stereocenters. The molecule has 6 nitrogen and oxygen atoms in total. The van der Waals surface area contributed by atoms with Crippen molar-refractivity contribution >= 4 is 45.7 Å². The molecule has 1 fully saturated rings. The van der Waals surface area contributed by atoms with Gasteiger partial charge < -0.3 is 9.47 Å². The Hall–Kier alpha value is -3.58. The Morgan fingerprint density at radius 1 is 1.00 bits per heavy atom. The zero-order valence-electron chi connectivity index (χ0n) is 17.4. The highest BCUT2D eigenvalue weighted by Gasteiger charge is 2.35. The van der Waals surface area contributed by atoms with Crippen LogP contribution in [0.15, 0.2) is 71.6 Å². The Morgan fingerprint density at radius 3 is 2.53 bits per heavy atom. The number of hydrogen-bond acceptors (Lipinski definition) is 6. The molecule has 2 amide bonds. The SMILES string of the molecule is CCOC(=O)COc1ccc(/C=C2/SC(=O)N(Cc3cccc4ccccc34)C2=O)cc1. The average molecular weight is 448 g/mol. The van der Waals surface area contributed by atoms with Crippen LogP contribution in [-0.2, 0) is 20.9 Å². The lowest BCUT2D eigenvalue weighted by Gasteiger charge is -2.14. The van der Waals surface area contributed by atoms with Crippen molar-refractivity contribution in [3.05, 3.63) is 82.8 Å². The first-order chi connectivity index (χ1) is 15.5. The summed E-state index contributed by atoms with van der Waals surface area (Å²) in [4.78, 5) is 38.5. The van der Waals surface area contributed by atoms with Crippen molar-refractivity contribution in [2.45, 2.75) is 13.5 Å². The Labute approximate surface area is 189 Å². The zero-order valence-corrected chi connectivity index (χ0v) is 18.3. The predicted molar refractivity (Wildman–Crippen MR) is 124 cm³/mol. The van der Waals surface area contributed by atoms with E-state index in [0.29, 0.717) is 17.3 Å². The van der Waals surface area contributed by atoms with E-state index in [9.17, 15) is 14.4 Å². The Balaban J connectivity index is 1.46. The van der Waals surface area contributed by atoms with Crippen LogP contribution in [0.2, 0.25) is 0 Å². The lowest BCUT2D eigenvalue weighted by molar-refractivity contribution is -0.145. The van der Waals surface area contributed by atoms with Gasteiger partial charge in [-0.05, 0) is 58.8 Å². The molecule has 0 radical (unpaired) electrons. The second kappa shape index (κ2) is 9.70. The van der Waals surface area contributed by atoms with Crippen LogP contribution in [0.4, 0.5) is 4.79 Å². The molecule has 3 aromatic rings. The van der Waals surface area contributed by atoms with Crippen LogP contribution in [0.1, 0.15) is 18.1 Å². The van der Waals surface area contributed by atoms with Gasteiger partial charge in [0, 0.05) is 0 Å². The number of carbonyl (C=O) groups is 3. The first-order valence-corrected chi connectivity index (χ1v) is 11.0. The molecule has 0 aliphatic carbocycles. The summed E-state index contributed by atoms with van der Waals surface area (Å²) >= 11 is 0.931. The highest BCUT2D eigenvalue weighted by molar-refractivity contribution is 8.18. The summed E-state index contributed by atoms with van der Waals surface area (Å²) in [6, 6.07) is 20.7. The van der Waals surface area contributed by atoms with E-state index >= 15 is 0 Å². The topological polar surface area (TPSA) is 72.9 Å². The van der Waals surface area contributed by atoms with Crippen LogP contribution in [0.5, 0.6) is 5.75 Å². The number of esters is 1. The molecule has 0 saturated carbocycles. The Bertz CT molecular complexity index is 1200. The molecule has 7 heteroatoms. The van der Waals surface area contributed by atoms with Crippen LogP contribution in [-0.4, -0.2) is 35.2 Å². The Morgan fingerprint density at radius 2 is 1.75 bits per heavy atom. The summed E-state index contributed by atoms with van der Waals surface area (Å²) < 4.78 is 10.2. The number of rotatable bonds is 7. The van der Waals surface area contributed by atoms with Crippen molar-refractivity contribution in [2.24, 2.45) is 0 Å². The van der Waals surface area contributed by atoms with Gasteiger partial charge in [0.2, 0.25) is 0 Å². The number of carbonyl (C=O) groups excluding carboxylic acids is 3. The summed E-state index contributed by atoms with van der Waals surface area (Å²) in [5.74, 6) is -0.230. The van der Waals surface area contributed by atoms with E-state index in [1.54, 1.807) is 37.3 Å². The number of benzene rings is 3. The summed E-state index contributed by atoms with van der Waals surface area (Å²) in [5, 5.41) is 1.80. The lowest BCUT2D eigenvalue weighted by Crippen LogP contribution is -2.27. The van der Waals surface area contributed by atoms with Crippen molar-refractivity contribution < 1.29 is 23.9 Å². The van der Waals surface area contributed by atoms with E-state index in [1.807, 2.05) is 42.5 Å². The Kier molecular flexibility index (Phi) is 6.56. The first kappa shape index (κ1) is 21.6. The molecule has 32 heavy (non-hydrogen) atoms. The van der Waals surface area contributed by atoms with E-state index in [0.717, 1.165) is 33.7 Å². The molecule has 0 spiro atoms. The van der Waals surface area contributed by atoms with E-state index in [2.05, 4.69) is 0 Å². The average Bonchev–Trinajstić information content (AvgIpc) is 3.06. The van der Waals surface area contributed by atoms with Gasteiger partial charge in [-0.15, -0.1) is 0 Å². The standard InChI is InChI=1S/C25H21NO5S/c1-2-30-23(27)16-31-20-12-10-17(11-13-20)14-22-24(28)26(25(29)32-22)15-19-8-5-7-18-6-3-4-9-21(18)19/h3-14H,2,15-16H2,1H3/b22-14+. The van der Waals surface area contributed by atoms with Crippen molar-refractivity contribution in [3.8, 4) is 5.75 Å². The molecule has 162 valence electrons. The third-order valence-corrected chi connectivity index (χ3v) is 5.83. The van der Waals surface area contributed by atoms with Gasteiger partial charge in [-0.2, -0.15) is 0 Å². The first-order valence-electron chi connectivity index (χ1n) is 10.2. The number of imide groups is 1. The van der Waals surface area contributed by atoms with Gasteiger partial charge >= 0.3 is 5.97 Å². The third kappa shape index (κ3) is 4.84. The maximum absolute atomic E-state index is 12.9. The minimum absolute atomic E-state index is 0.166. The summed E-state index contributed by atoms with van der Waals surface area (Å²) in [6.07, 6.45) is 1.68. The second-order valence-electron chi connectivity index (χ2n) is 7.07. The third-order valence-electron chi connectivity index (χ3n) is 4.92. The fourth-order valence-electron chi connectivity index (χ4n) is 3.39. The number of thioether (sulfide) groups is 1. The minimum Gasteiger partial charge on any atom is -0.482 e. The van der Waals surface area contributed by atoms with Crippen molar-refractivity contribution in [1.29, 1.82) is 0 Å². The molecule has 0 aromatic heterocycles. The summed E-state index contributed by atoms with van der Waals surface area (Å²) in [7, 11) is 0. The zero-order chi connectivity index (χ0) is 22.5. The van der Waals surface area contributed by atoms with Gasteiger partial charge in [0.1, 0.15) is 5.75 Å². The number of hydrogen-bond donors (Lipinski definition) is 0. The number of fused-ring (bicyclic) bond motifs is 1. The normalized spacial score (nSPS) is 14.9. The maximum Gasteiger partial charge on any atom is 0.344 e. The molecule has 3 aromatic carbocycles. The van der Waals surface area contributed by atoms with Crippen LogP contribution >= 0.6 is 11.8 Å². The quantitative estimate of drug-likeness (QED) is 0.374. The number of ether oxygens (including phenoxy) is 2. The second-order valence-corrected chi connectivity index (χ2v) is 8.06. The van der Waals surface area contributed by atoms with Gasteiger partial charge in [0.15, 0.2) is 6.61 Å². The van der Waals surface area contributed by atoms with Gasteiger partial charge in [0.25, 0.3) is 11.1 Å². The summed E-state index contributed by atoms with van der Waals surface area (Å²) in [6.45, 7) is 2.09. The monoisotopic (exact) mass is 447 g/mol. The molecule has 4 rings (SSSR count). The van der Waals surface area contributed by atoms with Crippen LogP contribution in [0.3, 0.4) is 0 Å². The van der Waals surface area contributed by atoms with Gasteiger partial charge in [-0.1, -0.05) is 54.6 Å². The van der Waals surface area contributed by atoms with E-state index < -0.39 is 5.97 Å². The van der Waals surface area contributed by atoms with E-state index in [1.165, 1.54) is 4.90 Å². The molecule has 0 bridgehead atoms. The smallest absolute Gasteiger partial charge is 0.344 e. The molecular weight excluding hydrogens is 426 g/mol.